The molecule has 1 fully saturated rings. The molecule has 3 aromatic rings. The zero-order valence-corrected chi connectivity index (χ0v) is 19.3. The molecule has 34 heavy (non-hydrogen) atoms. The highest BCUT2D eigenvalue weighted by Crippen LogP contribution is 2.42. The summed E-state index contributed by atoms with van der Waals surface area (Å²) in [6.45, 7) is 2.80. The summed E-state index contributed by atoms with van der Waals surface area (Å²) in [4.78, 5) is 28.0. The van der Waals surface area contributed by atoms with Crippen molar-refractivity contribution < 1.29 is 24.2 Å². The van der Waals surface area contributed by atoms with E-state index >= 15 is 0 Å². The number of likely N-dealkylation sites (tertiary alicyclic amines) is 1. The van der Waals surface area contributed by atoms with Crippen LogP contribution in [0.2, 0.25) is 0 Å². The van der Waals surface area contributed by atoms with Gasteiger partial charge in [0.25, 0.3) is 11.7 Å². The van der Waals surface area contributed by atoms with Crippen LogP contribution < -0.4 is 4.74 Å². The molecule has 2 aliphatic heterocycles. The van der Waals surface area contributed by atoms with E-state index in [1.807, 2.05) is 61.5 Å². The molecule has 3 aromatic carbocycles. The minimum Gasteiger partial charge on any atom is -0.507 e. The number of aliphatic hydroxyl groups is 1. The molecule has 0 radical (unpaired) electrons. The molecule has 2 aliphatic rings. The van der Waals surface area contributed by atoms with Crippen LogP contribution in [0.1, 0.15) is 36.1 Å². The SMILES string of the molecule is COCCCN1C(=O)C(=O)C(=C(O)c2ccc3c(c2)CC(C)O3)C1c1cccc2ccccc12. The third-order valence-electron chi connectivity index (χ3n) is 6.57. The van der Waals surface area contributed by atoms with Crippen LogP contribution in [0.25, 0.3) is 16.5 Å². The fourth-order valence-electron chi connectivity index (χ4n) is 5.03. The van der Waals surface area contributed by atoms with Gasteiger partial charge in [-0.05, 0) is 53.4 Å². The molecule has 1 amide bonds. The second-order valence-electron chi connectivity index (χ2n) is 8.86. The Morgan fingerprint density at radius 2 is 1.91 bits per heavy atom. The van der Waals surface area contributed by atoms with Gasteiger partial charge >= 0.3 is 0 Å². The number of methoxy groups -OCH3 is 1. The number of benzene rings is 3. The second-order valence-corrected chi connectivity index (χ2v) is 8.86. The molecule has 6 nitrogen and oxygen atoms in total. The monoisotopic (exact) mass is 457 g/mol. The highest BCUT2D eigenvalue weighted by molar-refractivity contribution is 6.46. The molecule has 5 rings (SSSR count). The molecule has 6 heteroatoms. The molecule has 1 N–H and O–H groups in total. The van der Waals surface area contributed by atoms with Crippen LogP contribution in [0, 0.1) is 0 Å². The fourth-order valence-corrected chi connectivity index (χ4v) is 5.03. The Kier molecular flexibility index (Phi) is 5.84. The summed E-state index contributed by atoms with van der Waals surface area (Å²) in [6.07, 6.45) is 1.38. The lowest BCUT2D eigenvalue weighted by atomic mass is 9.91. The zero-order chi connectivity index (χ0) is 23.8. The second kappa shape index (κ2) is 8.95. The first-order valence-electron chi connectivity index (χ1n) is 11.5. The molecule has 0 spiro atoms. The van der Waals surface area contributed by atoms with E-state index < -0.39 is 17.7 Å². The number of carbonyl (C=O) groups excluding carboxylic acids is 2. The van der Waals surface area contributed by atoms with E-state index in [-0.39, 0.29) is 17.4 Å². The predicted octanol–water partition coefficient (Wildman–Crippen LogP) is 4.62. The molecular formula is C28H27NO5. The highest BCUT2D eigenvalue weighted by atomic mass is 16.5. The van der Waals surface area contributed by atoms with Crippen LogP contribution >= 0.6 is 0 Å². The van der Waals surface area contributed by atoms with Crippen molar-refractivity contribution in [1.29, 1.82) is 0 Å². The third kappa shape index (κ3) is 3.74. The van der Waals surface area contributed by atoms with Gasteiger partial charge in [-0.1, -0.05) is 42.5 Å². The first-order chi connectivity index (χ1) is 16.5. The third-order valence-corrected chi connectivity index (χ3v) is 6.57. The Hall–Kier alpha value is -3.64. The Balaban J connectivity index is 1.67. The number of nitrogens with zero attached hydrogens (tertiary/aromatic N) is 1. The average Bonchev–Trinajstić information content (AvgIpc) is 3.34. The number of ether oxygens (including phenoxy) is 2. The number of amides is 1. The van der Waals surface area contributed by atoms with E-state index in [1.165, 1.54) is 0 Å². The Bertz CT molecular complexity index is 1310. The number of aliphatic hydroxyl groups excluding tert-OH is 1. The lowest BCUT2D eigenvalue weighted by Gasteiger charge is -2.26. The lowest BCUT2D eigenvalue weighted by Crippen LogP contribution is -2.31. The zero-order valence-electron chi connectivity index (χ0n) is 19.3. The van der Waals surface area contributed by atoms with Crippen LogP contribution in [-0.2, 0) is 20.7 Å². The number of hydrogen-bond acceptors (Lipinski definition) is 5. The number of rotatable bonds is 6. The number of Topliss-reactive ketones (excluding diaryl/α,β-unsaturated/α-hetero) is 1. The van der Waals surface area contributed by atoms with Crippen molar-refractivity contribution in [2.24, 2.45) is 0 Å². The standard InChI is InChI=1S/C28H27NO5/c1-17-15-20-16-19(11-12-23(20)34-17)26(30)24-25(29(13-6-14-33-2)28(32)27(24)31)22-10-5-8-18-7-3-4-9-21(18)22/h3-5,7-12,16-17,25,30H,6,13-15H2,1-2H3. The van der Waals surface area contributed by atoms with Gasteiger partial charge in [-0.15, -0.1) is 0 Å². The topological polar surface area (TPSA) is 76.1 Å². The molecule has 1 saturated heterocycles. The molecule has 174 valence electrons. The van der Waals surface area contributed by atoms with E-state index in [1.54, 1.807) is 18.1 Å². The van der Waals surface area contributed by atoms with Crippen molar-refractivity contribution in [2.75, 3.05) is 20.3 Å². The minimum atomic E-state index is -0.689. The van der Waals surface area contributed by atoms with Crippen molar-refractivity contribution in [3.05, 3.63) is 82.9 Å². The maximum absolute atomic E-state index is 13.3. The molecule has 0 saturated carbocycles. The van der Waals surface area contributed by atoms with E-state index in [9.17, 15) is 14.7 Å². The van der Waals surface area contributed by atoms with Gasteiger partial charge < -0.3 is 19.5 Å². The summed E-state index contributed by atoms with van der Waals surface area (Å²) in [6, 6.07) is 18.4. The Morgan fingerprint density at radius 1 is 1.12 bits per heavy atom. The quantitative estimate of drug-likeness (QED) is 0.253. The van der Waals surface area contributed by atoms with Crippen molar-refractivity contribution in [3.63, 3.8) is 0 Å². The summed E-state index contributed by atoms with van der Waals surface area (Å²) in [5.41, 5.74) is 2.42. The molecule has 0 aliphatic carbocycles. The highest BCUT2D eigenvalue weighted by Gasteiger charge is 2.46. The largest absolute Gasteiger partial charge is 0.507 e. The summed E-state index contributed by atoms with van der Waals surface area (Å²) in [5, 5.41) is 13.4. The number of carbonyl (C=O) groups is 2. The van der Waals surface area contributed by atoms with E-state index in [4.69, 9.17) is 9.47 Å². The van der Waals surface area contributed by atoms with Crippen LogP contribution in [0.15, 0.2) is 66.2 Å². The normalized spacial score (nSPS) is 21.2. The minimum absolute atomic E-state index is 0.0643. The van der Waals surface area contributed by atoms with Crippen molar-refractivity contribution >= 4 is 28.2 Å². The van der Waals surface area contributed by atoms with E-state index in [0.717, 1.165) is 34.1 Å². The first kappa shape index (κ1) is 22.2. The number of ketones is 1. The molecule has 2 unspecified atom stereocenters. The van der Waals surface area contributed by atoms with Crippen molar-refractivity contribution in [2.45, 2.75) is 31.9 Å². The van der Waals surface area contributed by atoms with Crippen LogP contribution in [-0.4, -0.2) is 48.1 Å². The van der Waals surface area contributed by atoms with Crippen molar-refractivity contribution in [3.8, 4) is 5.75 Å². The van der Waals surface area contributed by atoms with E-state index in [2.05, 4.69) is 0 Å². The summed E-state index contributed by atoms with van der Waals surface area (Å²) < 4.78 is 11.0. The van der Waals surface area contributed by atoms with Crippen LogP contribution in [0.4, 0.5) is 0 Å². The van der Waals surface area contributed by atoms with Gasteiger partial charge in [0.1, 0.15) is 17.6 Å². The Morgan fingerprint density at radius 3 is 2.74 bits per heavy atom. The van der Waals surface area contributed by atoms with Gasteiger partial charge in [0.2, 0.25) is 0 Å². The lowest BCUT2D eigenvalue weighted by molar-refractivity contribution is -0.140. The number of fused-ring (bicyclic) bond motifs is 2. The summed E-state index contributed by atoms with van der Waals surface area (Å²) >= 11 is 0. The van der Waals surface area contributed by atoms with Gasteiger partial charge in [-0.3, -0.25) is 9.59 Å². The number of hydrogen-bond donors (Lipinski definition) is 1. The van der Waals surface area contributed by atoms with Gasteiger partial charge in [-0.25, -0.2) is 0 Å². The maximum atomic E-state index is 13.3. The first-order valence-corrected chi connectivity index (χ1v) is 11.5. The van der Waals surface area contributed by atoms with Gasteiger partial charge in [0.05, 0.1) is 11.6 Å². The van der Waals surface area contributed by atoms with Crippen LogP contribution in [0.5, 0.6) is 5.75 Å². The summed E-state index contributed by atoms with van der Waals surface area (Å²) in [5.74, 6) is -0.644. The van der Waals surface area contributed by atoms with Gasteiger partial charge in [0, 0.05) is 32.2 Å². The van der Waals surface area contributed by atoms with Gasteiger partial charge in [-0.2, -0.15) is 0 Å². The predicted molar refractivity (Wildman–Crippen MR) is 130 cm³/mol. The van der Waals surface area contributed by atoms with Crippen LogP contribution in [0.3, 0.4) is 0 Å². The van der Waals surface area contributed by atoms with Crippen molar-refractivity contribution in [1.82, 2.24) is 4.90 Å². The average molecular weight is 458 g/mol. The fraction of sp³-hybridized carbons (Fsp3) is 0.286. The molecule has 2 heterocycles. The van der Waals surface area contributed by atoms with Gasteiger partial charge in [0.15, 0.2) is 0 Å². The van der Waals surface area contributed by atoms with E-state index in [0.29, 0.717) is 25.1 Å². The smallest absolute Gasteiger partial charge is 0.295 e. The maximum Gasteiger partial charge on any atom is 0.295 e. The molecule has 2 atom stereocenters. The molecular weight excluding hydrogens is 430 g/mol. The molecule has 0 bridgehead atoms. The Labute approximate surface area is 198 Å². The molecule has 0 aromatic heterocycles. The summed E-state index contributed by atoms with van der Waals surface area (Å²) in [7, 11) is 1.61.